The lowest BCUT2D eigenvalue weighted by Gasteiger charge is -2.36. The number of carbonyl (C=O) groups excluding carboxylic acids is 1. The number of nitrogens with one attached hydrogen (secondary N) is 1. The molecule has 1 N–H and O–H groups in total. The molecule has 22 heavy (non-hydrogen) atoms. The summed E-state index contributed by atoms with van der Waals surface area (Å²) in [6, 6.07) is 20.6. The van der Waals surface area contributed by atoms with Crippen LogP contribution < -0.4 is 5.32 Å². The first-order chi connectivity index (χ1) is 10.7. The van der Waals surface area contributed by atoms with Crippen molar-refractivity contribution in [2.75, 3.05) is 0 Å². The number of amides is 1. The van der Waals surface area contributed by atoms with Crippen molar-refractivity contribution in [3.8, 4) is 0 Å². The predicted octanol–water partition coefficient (Wildman–Crippen LogP) is 3.78. The summed E-state index contributed by atoms with van der Waals surface area (Å²) in [6.45, 7) is 1.57. The van der Waals surface area contributed by atoms with Crippen molar-refractivity contribution < 1.29 is 9.53 Å². The van der Waals surface area contributed by atoms with E-state index in [-0.39, 0.29) is 24.2 Å². The first kappa shape index (κ1) is 14.8. The Labute approximate surface area is 131 Å². The van der Waals surface area contributed by atoms with Crippen LogP contribution in [0.1, 0.15) is 43.1 Å². The van der Waals surface area contributed by atoms with Crippen LogP contribution in [0.15, 0.2) is 60.7 Å². The first-order valence-electron chi connectivity index (χ1n) is 7.75. The zero-order valence-corrected chi connectivity index (χ0v) is 12.7. The molecule has 1 aliphatic heterocycles. The van der Waals surface area contributed by atoms with Gasteiger partial charge in [0.2, 0.25) is 5.91 Å². The van der Waals surface area contributed by atoms with E-state index in [1.807, 2.05) is 36.4 Å². The van der Waals surface area contributed by atoms with Gasteiger partial charge >= 0.3 is 0 Å². The number of hydrogen-bond donors (Lipinski definition) is 1. The fraction of sp³-hybridized carbons (Fsp3) is 0.316. The Morgan fingerprint density at radius 2 is 1.36 bits per heavy atom. The SMILES string of the molecule is CC(=O)N[C@H]1C[C@@H](c2ccccc2)O[C@@H](c2ccccc2)C1. The Bertz CT molecular complexity index is 564. The summed E-state index contributed by atoms with van der Waals surface area (Å²) in [7, 11) is 0. The van der Waals surface area contributed by atoms with Crippen LogP contribution in [0.25, 0.3) is 0 Å². The molecule has 0 aromatic heterocycles. The molecule has 3 nitrogen and oxygen atoms in total. The average molecular weight is 295 g/mol. The van der Waals surface area contributed by atoms with E-state index >= 15 is 0 Å². The van der Waals surface area contributed by atoms with Gasteiger partial charge in [0, 0.05) is 13.0 Å². The maximum atomic E-state index is 11.4. The molecule has 0 bridgehead atoms. The molecular weight excluding hydrogens is 274 g/mol. The summed E-state index contributed by atoms with van der Waals surface area (Å²) in [6.07, 6.45) is 1.65. The number of hydrogen-bond acceptors (Lipinski definition) is 2. The lowest BCUT2D eigenvalue weighted by molar-refractivity contribution is -0.122. The van der Waals surface area contributed by atoms with Gasteiger partial charge in [0.25, 0.3) is 0 Å². The van der Waals surface area contributed by atoms with E-state index in [9.17, 15) is 4.79 Å². The van der Waals surface area contributed by atoms with Gasteiger partial charge in [-0.1, -0.05) is 60.7 Å². The summed E-state index contributed by atoms with van der Waals surface area (Å²) in [5.74, 6) is 0.0190. The van der Waals surface area contributed by atoms with E-state index in [0.717, 1.165) is 12.8 Å². The lowest BCUT2D eigenvalue weighted by Crippen LogP contribution is -2.39. The third-order valence-corrected chi connectivity index (χ3v) is 4.08. The summed E-state index contributed by atoms with van der Waals surface area (Å²) in [5, 5.41) is 3.06. The maximum Gasteiger partial charge on any atom is 0.217 e. The van der Waals surface area contributed by atoms with Gasteiger partial charge in [0.05, 0.1) is 12.2 Å². The summed E-state index contributed by atoms with van der Waals surface area (Å²) in [5.41, 5.74) is 2.33. The van der Waals surface area contributed by atoms with Crippen molar-refractivity contribution in [3.05, 3.63) is 71.8 Å². The molecule has 114 valence electrons. The minimum atomic E-state index is 0.0111. The number of rotatable bonds is 3. The van der Waals surface area contributed by atoms with E-state index in [1.165, 1.54) is 11.1 Å². The highest BCUT2D eigenvalue weighted by Gasteiger charge is 2.31. The van der Waals surface area contributed by atoms with Crippen LogP contribution in [0.2, 0.25) is 0 Å². The Balaban J connectivity index is 1.83. The highest BCUT2D eigenvalue weighted by Crippen LogP contribution is 2.38. The molecule has 0 aliphatic carbocycles. The van der Waals surface area contributed by atoms with E-state index in [1.54, 1.807) is 6.92 Å². The smallest absolute Gasteiger partial charge is 0.217 e. The summed E-state index contributed by atoms with van der Waals surface area (Å²) >= 11 is 0. The largest absolute Gasteiger partial charge is 0.365 e. The summed E-state index contributed by atoms with van der Waals surface area (Å²) in [4.78, 5) is 11.4. The molecule has 3 heteroatoms. The second-order valence-corrected chi connectivity index (χ2v) is 5.80. The van der Waals surface area contributed by atoms with Crippen LogP contribution in [0.3, 0.4) is 0 Å². The van der Waals surface area contributed by atoms with Crippen molar-refractivity contribution in [2.45, 2.75) is 38.0 Å². The fourth-order valence-electron chi connectivity index (χ4n) is 3.09. The number of carbonyl (C=O) groups is 1. The quantitative estimate of drug-likeness (QED) is 0.935. The van der Waals surface area contributed by atoms with Crippen molar-refractivity contribution in [2.24, 2.45) is 0 Å². The monoisotopic (exact) mass is 295 g/mol. The predicted molar refractivity (Wildman–Crippen MR) is 86.3 cm³/mol. The van der Waals surface area contributed by atoms with Crippen LogP contribution in [0.5, 0.6) is 0 Å². The molecule has 3 atom stereocenters. The zero-order chi connectivity index (χ0) is 15.4. The maximum absolute atomic E-state index is 11.4. The molecule has 2 aromatic rings. The normalized spacial score (nSPS) is 24.7. The highest BCUT2D eigenvalue weighted by molar-refractivity contribution is 5.73. The second kappa shape index (κ2) is 6.75. The molecule has 1 aliphatic rings. The molecule has 2 aromatic carbocycles. The van der Waals surface area contributed by atoms with Crippen molar-refractivity contribution in [1.29, 1.82) is 0 Å². The van der Waals surface area contributed by atoms with Crippen LogP contribution in [0, 0.1) is 0 Å². The van der Waals surface area contributed by atoms with Crippen molar-refractivity contribution >= 4 is 5.91 Å². The van der Waals surface area contributed by atoms with Gasteiger partial charge in [0.1, 0.15) is 0 Å². The molecule has 1 saturated heterocycles. The highest BCUT2D eigenvalue weighted by atomic mass is 16.5. The van der Waals surface area contributed by atoms with Crippen LogP contribution >= 0.6 is 0 Å². The van der Waals surface area contributed by atoms with Gasteiger partial charge in [-0.15, -0.1) is 0 Å². The van der Waals surface area contributed by atoms with E-state index in [4.69, 9.17) is 4.74 Å². The Morgan fingerprint density at radius 1 is 0.909 bits per heavy atom. The topological polar surface area (TPSA) is 38.3 Å². The van der Waals surface area contributed by atoms with Gasteiger partial charge in [-0.25, -0.2) is 0 Å². The molecule has 3 rings (SSSR count). The van der Waals surface area contributed by atoms with Crippen molar-refractivity contribution in [1.82, 2.24) is 5.32 Å². The number of ether oxygens (including phenoxy) is 1. The molecule has 1 amide bonds. The minimum absolute atomic E-state index is 0.0111. The van der Waals surface area contributed by atoms with Crippen LogP contribution in [-0.2, 0) is 9.53 Å². The van der Waals surface area contributed by atoms with Gasteiger partial charge in [-0.05, 0) is 24.0 Å². The summed E-state index contributed by atoms with van der Waals surface area (Å²) < 4.78 is 6.32. The Morgan fingerprint density at radius 3 is 1.77 bits per heavy atom. The first-order valence-corrected chi connectivity index (χ1v) is 7.75. The van der Waals surface area contributed by atoms with Gasteiger partial charge in [-0.2, -0.15) is 0 Å². The van der Waals surface area contributed by atoms with Gasteiger partial charge in [0.15, 0.2) is 0 Å². The molecule has 1 heterocycles. The second-order valence-electron chi connectivity index (χ2n) is 5.80. The third-order valence-electron chi connectivity index (χ3n) is 4.08. The van der Waals surface area contributed by atoms with E-state index in [0.29, 0.717) is 0 Å². The van der Waals surface area contributed by atoms with Crippen molar-refractivity contribution in [3.63, 3.8) is 0 Å². The molecule has 0 unspecified atom stereocenters. The van der Waals surface area contributed by atoms with E-state index in [2.05, 4.69) is 29.6 Å². The fourth-order valence-corrected chi connectivity index (χ4v) is 3.09. The average Bonchev–Trinajstić information content (AvgIpc) is 2.55. The zero-order valence-electron chi connectivity index (χ0n) is 12.7. The standard InChI is InChI=1S/C19H21NO2/c1-14(21)20-17-12-18(15-8-4-2-5-9-15)22-19(13-17)16-10-6-3-7-11-16/h2-11,17-19H,12-13H2,1H3,(H,20,21)/t17-,18-,19+. The van der Waals surface area contributed by atoms with Gasteiger partial charge in [-0.3, -0.25) is 4.79 Å². The molecule has 0 saturated carbocycles. The molecular formula is C19H21NO2. The third kappa shape index (κ3) is 3.55. The Hall–Kier alpha value is -2.13. The minimum Gasteiger partial charge on any atom is -0.365 e. The molecule has 1 fully saturated rings. The number of benzene rings is 2. The van der Waals surface area contributed by atoms with Crippen LogP contribution in [-0.4, -0.2) is 11.9 Å². The molecule has 0 radical (unpaired) electrons. The lowest BCUT2D eigenvalue weighted by atomic mass is 9.91. The Kier molecular flexibility index (Phi) is 4.54. The van der Waals surface area contributed by atoms with E-state index < -0.39 is 0 Å². The molecule has 0 spiro atoms. The van der Waals surface area contributed by atoms with Gasteiger partial charge < -0.3 is 10.1 Å². The van der Waals surface area contributed by atoms with Crippen LogP contribution in [0.4, 0.5) is 0 Å².